The molecule has 0 saturated heterocycles. The number of nitro benzene ring substituents is 1. The Morgan fingerprint density at radius 1 is 1.35 bits per heavy atom. The van der Waals surface area contributed by atoms with Gasteiger partial charge in [0.05, 0.1) is 16.2 Å². The Hall–Kier alpha value is -2.70. The highest BCUT2D eigenvalue weighted by Crippen LogP contribution is 2.22. The fourth-order valence-electron chi connectivity index (χ4n) is 1.97. The van der Waals surface area contributed by atoms with Crippen LogP contribution in [0.1, 0.15) is 27.3 Å². The number of carbonyl (C=O) groups excluding carboxylic acids is 1. The third-order valence-corrected chi connectivity index (χ3v) is 3.02. The number of nitro groups is 1. The van der Waals surface area contributed by atoms with Crippen molar-refractivity contribution in [2.24, 2.45) is 0 Å². The number of amides is 1. The van der Waals surface area contributed by atoms with E-state index in [4.69, 9.17) is 0 Å². The van der Waals surface area contributed by atoms with E-state index >= 15 is 0 Å². The molecule has 0 unspecified atom stereocenters. The van der Waals surface area contributed by atoms with Crippen molar-refractivity contribution in [2.45, 2.75) is 20.8 Å². The summed E-state index contributed by atoms with van der Waals surface area (Å²) < 4.78 is 0. The third-order valence-electron chi connectivity index (χ3n) is 3.02. The van der Waals surface area contributed by atoms with E-state index in [1.165, 1.54) is 18.2 Å². The zero-order valence-electron chi connectivity index (χ0n) is 11.4. The molecule has 0 saturated carbocycles. The number of nitrogens with zero attached hydrogens (tertiary/aromatic N) is 2. The summed E-state index contributed by atoms with van der Waals surface area (Å²) in [6.45, 7) is 5.20. The van der Waals surface area contributed by atoms with Crippen molar-refractivity contribution in [3.8, 4) is 0 Å². The molecule has 20 heavy (non-hydrogen) atoms. The van der Waals surface area contributed by atoms with Crippen LogP contribution in [0.5, 0.6) is 0 Å². The lowest BCUT2D eigenvalue weighted by atomic mass is 10.1. The van der Waals surface area contributed by atoms with Crippen LogP contribution in [0.4, 0.5) is 11.4 Å². The van der Waals surface area contributed by atoms with Crippen molar-refractivity contribution in [2.75, 3.05) is 5.32 Å². The van der Waals surface area contributed by atoms with Gasteiger partial charge in [-0.15, -0.1) is 0 Å². The lowest BCUT2D eigenvalue weighted by molar-refractivity contribution is -0.384. The number of non-ortho nitro benzene ring substituents is 1. The predicted molar refractivity (Wildman–Crippen MR) is 73.8 cm³/mol. The number of benzene rings is 1. The first-order chi connectivity index (χ1) is 9.40. The van der Waals surface area contributed by atoms with Crippen molar-refractivity contribution in [1.82, 2.24) is 10.2 Å². The Bertz CT molecular complexity index is 671. The van der Waals surface area contributed by atoms with E-state index in [9.17, 15) is 14.9 Å². The van der Waals surface area contributed by atoms with E-state index in [1.807, 2.05) is 0 Å². The van der Waals surface area contributed by atoms with Crippen LogP contribution in [0.2, 0.25) is 0 Å². The molecule has 0 aliphatic carbocycles. The minimum atomic E-state index is -0.469. The molecule has 1 amide bonds. The van der Waals surface area contributed by atoms with Gasteiger partial charge in [0.15, 0.2) is 0 Å². The monoisotopic (exact) mass is 274 g/mol. The van der Waals surface area contributed by atoms with E-state index in [0.717, 1.165) is 0 Å². The summed E-state index contributed by atoms with van der Waals surface area (Å²) in [5.41, 5.74) is 2.95. The largest absolute Gasteiger partial charge is 0.322 e. The lowest BCUT2D eigenvalue weighted by Crippen LogP contribution is -2.14. The molecule has 0 bridgehead atoms. The minimum Gasteiger partial charge on any atom is -0.322 e. The Morgan fingerprint density at radius 3 is 2.55 bits per heavy atom. The summed E-state index contributed by atoms with van der Waals surface area (Å²) in [5, 5.41) is 20.1. The zero-order chi connectivity index (χ0) is 14.9. The van der Waals surface area contributed by atoms with E-state index in [1.54, 1.807) is 20.8 Å². The number of aromatic amines is 1. The molecule has 2 aromatic rings. The topological polar surface area (TPSA) is 101 Å². The highest BCUT2D eigenvalue weighted by atomic mass is 16.6. The molecule has 0 aliphatic rings. The average Bonchev–Trinajstić information content (AvgIpc) is 2.71. The van der Waals surface area contributed by atoms with Gasteiger partial charge in [0, 0.05) is 23.5 Å². The summed E-state index contributed by atoms with van der Waals surface area (Å²) in [5.74, 6) is -0.286. The van der Waals surface area contributed by atoms with Crippen LogP contribution < -0.4 is 5.32 Å². The number of aryl methyl sites for hydroxylation is 3. The summed E-state index contributed by atoms with van der Waals surface area (Å²) >= 11 is 0. The van der Waals surface area contributed by atoms with Gasteiger partial charge in [0.1, 0.15) is 0 Å². The first-order valence-corrected chi connectivity index (χ1v) is 5.98. The standard InChI is InChI=1S/C13H14N4O3/c1-7-6-10(17(19)20)4-5-11(7)14-13(18)12-8(2)15-16-9(12)3/h4-6H,1-3H3,(H,14,18)(H,15,16). The summed E-state index contributed by atoms with van der Waals surface area (Å²) in [4.78, 5) is 22.4. The number of aromatic nitrogens is 2. The molecule has 0 atom stereocenters. The van der Waals surface area contributed by atoms with Gasteiger partial charge < -0.3 is 5.32 Å². The van der Waals surface area contributed by atoms with Gasteiger partial charge in [0.25, 0.3) is 11.6 Å². The van der Waals surface area contributed by atoms with Crippen LogP contribution in [-0.4, -0.2) is 21.0 Å². The molecular weight excluding hydrogens is 260 g/mol. The molecule has 0 aliphatic heterocycles. The van der Waals surface area contributed by atoms with Gasteiger partial charge in [-0.2, -0.15) is 5.10 Å². The second kappa shape index (κ2) is 5.12. The Kier molecular flexibility index (Phi) is 3.51. The van der Waals surface area contributed by atoms with Crippen LogP contribution in [0.15, 0.2) is 18.2 Å². The first kappa shape index (κ1) is 13.7. The van der Waals surface area contributed by atoms with Crippen LogP contribution in [0.25, 0.3) is 0 Å². The molecule has 104 valence electrons. The van der Waals surface area contributed by atoms with Crippen molar-refractivity contribution in [1.29, 1.82) is 0 Å². The smallest absolute Gasteiger partial charge is 0.269 e. The number of H-pyrrole nitrogens is 1. The lowest BCUT2D eigenvalue weighted by Gasteiger charge is -2.08. The Labute approximate surface area is 115 Å². The zero-order valence-corrected chi connectivity index (χ0v) is 11.4. The number of hydrogen-bond acceptors (Lipinski definition) is 4. The normalized spacial score (nSPS) is 10.3. The Balaban J connectivity index is 2.27. The van der Waals surface area contributed by atoms with Crippen molar-refractivity contribution in [3.63, 3.8) is 0 Å². The molecule has 1 heterocycles. The summed E-state index contributed by atoms with van der Waals surface area (Å²) in [7, 11) is 0. The second-order valence-electron chi connectivity index (χ2n) is 4.52. The molecule has 0 fully saturated rings. The summed E-state index contributed by atoms with van der Waals surface area (Å²) in [6, 6.07) is 4.30. The van der Waals surface area contributed by atoms with Gasteiger partial charge in [-0.3, -0.25) is 20.0 Å². The minimum absolute atomic E-state index is 0.00355. The number of hydrogen-bond donors (Lipinski definition) is 2. The molecule has 7 nitrogen and oxygen atoms in total. The molecule has 0 radical (unpaired) electrons. The highest BCUT2D eigenvalue weighted by molar-refractivity contribution is 6.06. The number of carbonyl (C=O) groups is 1. The van der Waals surface area contributed by atoms with Crippen molar-refractivity contribution < 1.29 is 9.72 Å². The van der Waals surface area contributed by atoms with E-state index in [2.05, 4.69) is 15.5 Å². The number of nitrogens with one attached hydrogen (secondary N) is 2. The van der Waals surface area contributed by atoms with Crippen molar-refractivity contribution >= 4 is 17.3 Å². The molecule has 2 N–H and O–H groups in total. The van der Waals surface area contributed by atoms with Gasteiger partial charge in [-0.25, -0.2) is 0 Å². The average molecular weight is 274 g/mol. The van der Waals surface area contributed by atoms with E-state index in [0.29, 0.717) is 28.2 Å². The van der Waals surface area contributed by atoms with E-state index < -0.39 is 4.92 Å². The van der Waals surface area contributed by atoms with Crippen LogP contribution in [-0.2, 0) is 0 Å². The third kappa shape index (κ3) is 2.51. The molecule has 7 heteroatoms. The highest BCUT2D eigenvalue weighted by Gasteiger charge is 2.17. The van der Waals surface area contributed by atoms with Crippen LogP contribution >= 0.6 is 0 Å². The van der Waals surface area contributed by atoms with Gasteiger partial charge in [0.2, 0.25) is 0 Å². The molecule has 2 rings (SSSR count). The number of rotatable bonds is 3. The number of anilines is 1. The van der Waals surface area contributed by atoms with Crippen LogP contribution in [0, 0.1) is 30.9 Å². The van der Waals surface area contributed by atoms with Crippen molar-refractivity contribution in [3.05, 3.63) is 50.8 Å². The maximum Gasteiger partial charge on any atom is 0.269 e. The van der Waals surface area contributed by atoms with Gasteiger partial charge in [-0.1, -0.05) is 0 Å². The SMILES string of the molecule is Cc1cc([N+](=O)[O-])ccc1NC(=O)c1c(C)n[nH]c1C. The van der Waals surface area contributed by atoms with Gasteiger partial charge >= 0.3 is 0 Å². The fourth-order valence-corrected chi connectivity index (χ4v) is 1.97. The first-order valence-electron chi connectivity index (χ1n) is 5.98. The molecule has 0 spiro atoms. The molecule has 1 aromatic heterocycles. The molecule has 1 aromatic carbocycles. The maximum atomic E-state index is 12.2. The Morgan fingerprint density at radius 2 is 2.05 bits per heavy atom. The second-order valence-corrected chi connectivity index (χ2v) is 4.52. The maximum absolute atomic E-state index is 12.2. The predicted octanol–water partition coefficient (Wildman–Crippen LogP) is 2.50. The van der Waals surface area contributed by atoms with E-state index in [-0.39, 0.29) is 11.6 Å². The quantitative estimate of drug-likeness (QED) is 0.663. The summed E-state index contributed by atoms with van der Waals surface area (Å²) in [6.07, 6.45) is 0. The molecular formula is C13H14N4O3. The van der Waals surface area contributed by atoms with Crippen LogP contribution in [0.3, 0.4) is 0 Å². The van der Waals surface area contributed by atoms with Gasteiger partial charge in [-0.05, 0) is 32.4 Å². The fraction of sp³-hybridized carbons (Fsp3) is 0.231.